The standard InChI is InChI=1S/C27H34N7O/c1-30(2)26(23-11-7-5-8-12-23)28-33-17-18-34(25(33)15-16-32-19-21-35-22-20-32)29-27(31(3)4)24-13-9-6-10-14-24/h5-18H,19-22H2,1-4H3/q+1. The van der Waals surface area contributed by atoms with Gasteiger partial charge in [-0.25, -0.2) is 0 Å². The fraction of sp³-hybridized carbons (Fsp3) is 0.296. The van der Waals surface area contributed by atoms with Crippen molar-refractivity contribution in [2.45, 2.75) is 0 Å². The van der Waals surface area contributed by atoms with Gasteiger partial charge in [-0.05, 0) is 0 Å². The number of amidine groups is 2. The molecule has 3 aromatic rings. The molecule has 0 atom stereocenters. The quantitative estimate of drug-likeness (QED) is 0.314. The Morgan fingerprint density at radius 2 is 1.43 bits per heavy atom. The summed E-state index contributed by atoms with van der Waals surface area (Å²) in [5.74, 6) is 2.55. The third-order valence-corrected chi connectivity index (χ3v) is 5.61. The van der Waals surface area contributed by atoms with Gasteiger partial charge in [-0.1, -0.05) is 80.2 Å². The fourth-order valence-corrected chi connectivity index (χ4v) is 3.79. The first-order chi connectivity index (χ1) is 17.0. The number of ether oxygens (including phenoxy) is 1. The molecule has 0 unspecified atom stereocenters. The van der Waals surface area contributed by atoms with E-state index in [1.54, 1.807) is 0 Å². The Kier molecular flexibility index (Phi) is 7.95. The van der Waals surface area contributed by atoms with Gasteiger partial charge in [0.25, 0.3) is 0 Å². The number of benzene rings is 2. The van der Waals surface area contributed by atoms with E-state index in [2.05, 4.69) is 41.4 Å². The van der Waals surface area contributed by atoms with Crippen LogP contribution in [0.25, 0.3) is 6.08 Å². The van der Waals surface area contributed by atoms with Crippen LogP contribution in [0.2, 0.25) is 0 Å². The van der Waals surface area contributed by atoms with Gasteiger partial charge in [-0.3, -0.25) is 0 Å². The second kappa shape index (κ2) is 11.5. The minimum absolute atomic E-state index is 0.735. The van der Waals surface area contributed by atoms with Crippen molar-refractivity contribution >= 4 is 17.7 Å². The summed E-state index contributed by atoms with van der Waals surface area (Å²) in [6, 6.07) is 20.4. The second-order valence-corrected chi connectivity index (χ2v) is 8.68. The molecule has 1 aliphatic heterocycles. The van der Waals surface area contributed by atoms with E-state index in [4.69, 9.17) is 14.9 Å². The molecule has 8 heteroatoms. The first-order valence-electron chi connectivity index (χ1n) is 11.8. The molecule has 2 heterocycles. The Hall–Kier alpha value is -3.91. The van der Waals surface area contributed by atoms with Gasteiger partial charge in [0.2, 0.25) is 0 Å². The Balaban J connectivity index is 1.80. The van der Waals surface area contributed by atoms with E-state index >= 15 is 0 Å². The monoisotopic (exact) mass is 472 g/mol. The Morgan fingerprint density at radius 3 is 2.00 bits per heavy atom. The molecule has 35 heavy (non-hydrogen) atoms. The van der Waals surface area contributed by atoms with Crippen LogP contribution in [0, 0.1) is 0 Å². The van der Waals surface area contributed by atoms with E-state index in [-0.39, 0.29) is 0 Å². The summed E-state index contributed by atoms with van der Waals surface area (Å²) >= 11 is 0. The summed E-state index contributed by atoms with van der Waals surface area (Å²) in [4.78, 5) is 6.30. The predicted molar refractivity (Wildman–Crippen MR) is 140 cm³/mol. The molecule has 4 rings (SSSR count). The lowest BCUT2D eigenvalue weighted by Gasteiger charge is -2.24. The summed E-state index contributed by atoms with van der Waals surface area (Å²) in [7, 11) is 8.02. The van der Waals surface area contributed by atoms with Crippen LogP contribution >= 0.6 is 0 Å². The smallest absolute Gasteiger partial charge is 0.334 e. The topological polar surface area (TPSA) is 52.5 Å². The van der Waals surface area contributed by atoms with Crippen molar-refractivity contribution in [3.8, 4) is 0 Å². The zero-order valence-electron chi connectivity index (χ0n) is 21.0. The van der Waals surface area contributed by atoms with Crippen LogP contribution in [0.5, 0.6) is 0 Å². The lowest BCUT2D eigenvalue weighted by molar-refractivity contribution is -0.680. The second-order valence-electron chi connectivity index (χ2n) is 8.68. The van der Waals surface area contributed by atoms with Crippen molar-refractivity contribution in [3.05, 3.63) is 96.2 Å². The van der Waals surface area contributed by atoms with Crippen molar-refractivity contribution < 1.29 is 9.41 Å². The maximum Gasteiger partial charge on any atom is 0.334 e. The van der Waals surface area contributed by atoms with Crippen LogP contribution in [0.1, 0.15) is 17.0 Å². The normalized spacial score (nSPS) is 15.0. The van der Waals surface area contributed by atoms with Gasteiger partial charge in [0.05, 0.1) is 13.2 Å². The largest absolute Gasteiger partial charge is 0.378 e. The Bertz CT molecular complexity index is 1100. The molecule has 1 aliphatic rings. The molecule has 0 amide bonds. The van der Waals surface area contributed by atoms with Crippen LogP contribution < -0.4 is 4.68 Å². The van der Waals surface area contributed by atoms with Crippen LogP contribution in [0.15, 0.2) is 89.5 Å². The van der Waals surface area contributed by atoms with Crippen LogP contribution in [-0.2, 0) is 4.74 Å². The number of hydrogen-bond acceptors (Lipinski definition) is 4. The zero-order valence-corrected chi connectivity index (χ0v) is 21.0. The molecule has 8 nitrogen and oxygen atoms in total. The molecular weight excluding hydrogens is 438 g/mol. The maximum atomic E-state index is 5.50. The van der Waals surface area contributed by atoms with Gasteiger partial charge in [0.15, 0.2) is 24.1 Å². The van der Waals surface area contributed by atoms with Gasteiger partial charge in [0, 0.05) is 64.7 Å². The van der Waals surface area contributed by atoms with Crippen LogP contribution in [-0.4, -0.2) is 85.5 Å². The minimum Gasteiger partial charge on any atom is -0.378 e. The summed E-state index contributed by atoms with van der Waals surface area (Å²) in [6.07, 6.45) is 8.04. The molecule has 2 aromatic carbocycles. The molecule has 0 N–H and O–H groups in total. The lowest BCUT2D eigenvalue weighted by Crippen LogP contribution is -2.36. The maximum absolute atomic E-state index is 5.50. The molecule has 0 aliphatic carbocycles. The third-order valence-electron chi connectivity index (χ3n) is 5.61. The van der Waals surface area contributed by atoms with Gasteiger partial charge in [0.1, 0.15) is 0 Å². The zero-order chi connectivity index (χ0) is 24.6. The summed E-state index contributed by atoms with van der Waals surface area (Å²) in [5.41, 5.74) is 2.09. The molecule has 0 saturated carbocycles. The molecule has 1 aromatic heterocycles. The van der Waals surface area contributed by atoms with Crippen LogP contribution in [0.3, 0.4) is 0 Å². The highest BCUT2D eigenvalue weighted by Gasteiger charge is 2.20. The number of aromatic nitrogens is 2. The van der Waals surface area contributed by atoms with E-state index in [9.17, 15) is 0 Å². The minimum atomic E-state index is 0.735. The summed E-state index contributed by atoms with van der Waals surface area (Å²) in [6.45, 7) is 3.20. The number of imidazole rings is 1. The molecule has 1 saturated heterocycles. The summed E-state index contributed by atoms with van der Waals surface area (Å²) < 4.78 is 9.25. The number of morpholine rings is 1. The van der Waals surface area contributed by atoms with E-state index in [0.717, 1.165) is 54.9 Å². The first kappa shape index (κ1) is 24.2. The van der Waals surface area contributed by atoms with Crippen LogP contribution in [0.4, 0.5) is 0 Å². The van der Waals surface area contributed by atoms with E-state index in [1.807, 2.05) is 96.1 Å². The Labute approximate surface area is 207 Å². The number of nitrogens with zero attached hydrogens (tertiary/aromatic N) is 7. The molecule has 1 fully saturated rings. The average Bonchev–Trinajstić information content (AvgIpc) is 3.26. The highest BCUT2D eigenvalue weighted by Crippen LogP contribution is 2.09. The predicted octanol–water partition coefficient (Wildman–Crippen LogP) is 2.62. The van der Waals surface area contributed by atoms with Crippen molar-refractivity contribution in [1.82, 2.24) is 19.4 Å². The third kappa shape index (κ3) is 6.16. The van der Waals surface area contributed by atoms with E-state index in [0.29, 0.717) is 0 Å². The fourth-order valence-electron chi connectivity index (χ4n) is 3.79. The van der Waals surface area contributed by atoms with Crippen molar-refractivity contribution in [1.29, 1.82) is 0 Å². The molecule has 182 valence electrons. The highest BCUT2D eigenvalue weighted by atomic mass is 16.5. The number of rotatable bonds is 6. The van der Waals surface area contributed by atoms with Gasteiger partial charge >= 0.3 is 5.82 Å². The summed E-state index contributed by atoms with van der Waals surface area (Å²) in [5, 5.41) is 10.00. The molecule has 0 radical (unpaired) electrons. The molecule has 0 bridgehead atoms. The van der Waals surface area contributed by atoms with Gasteiger partial charge in [-0.2, -0.15) is 0 Å². The van der Waals surface area contributed by atoms with E-state index in [1.165, 1.54) is 0 Å². The number of hydrogen-bond donors (Lipinski definition) is 0. The van der Waals surface area contributed by atoms with Crippen molar-refractivity contribution in [3.63, 3.8) is 0 Å². The van der Waals surface area contributed by atoms with Crippen molar-refractivity contribution in [2.24, 2.45) is 10.2 Å². The molecule has 0 spiro atoms. The molecular formula is C27H34N7O+. The van der Waals surface area contributed by atoms with Gasteiger partial charge < -0.3 is 19.4 Å². The first-order valence-corrected chi connectivity index (χ1v) is 11.8. The Morgan fingerprint density at radius 1 is 0.857 bits per heavy atom. The van der Waals surface area contributed by atoms with E-state index < -0.39 is 0 Å². The SMILES string of the molecule is CN(C)C(=Nn1cc[n+](N=C(c2ccccc2)N(C)C)c1C=CN1CCOCC1)c1ccccc1. The average molecular weight is 473 g/mol. The van der Waals surface area contributed by atoms with Gasteiger partial charge in [-0.15, -0.1) is 0 Å². The van der Waals surface area contributed by atoms with Crippen molar-refractivity contribution in [2.75, 3.05) is 54.5 Å². The highest BCUT2D eigenvalue weighted by molar-refractivity contribution is 5.98. The lowest BCUT2D eigenvalue weighted by atomic mass is 10.2.